The summed E-state index contributed by atoms with van der Waals surface area (Å²) in [6.45, 7) is 4.14. The Bertz CT molecular complexity index is 1330. The zero-order valence-corrected chi connectivity index (χ0v) is 19.0. The van der Waals surface area contributed by atoms with E-state index in [0.29, 0.717) is 35.1 Å². The van der Waals surface area contributed by atoms with E-state index in [9.17, 15) is 19.5 Å². The molecule has 174 valence electrons. The third-order valence-electron chi connectivity index (χ3n) is 6.20. The third-order valence-corrected chi connectivity index (χ3v) is 6.20. The van der Waals surface area contributed by atoms with Crippen LogP contribution in [0.2, 0.25) is 0 Å². The predicted octanol–water partition coefficient (Wildman–Crippen LogP) is 4.02. The molecule has 1 aliphatic rings. The maximum Gasteiger partial charge on any atom is 0.349 e. The third kappa shape index (κ3) is 4.24. The van der Waals surface area contributed by atoms with Crippen molar-refractivity contribution in [2.45, 2.75) is 32.9 Å². The van der Waals surface area contributed by atoms with Gasteiger partial charge in [0.05, 0.1) is 16.5 Å². The number of nitrogens with zero attached hydrogens (tertiary/aromatic N) is 1. The smallest absolute Gasteiger partial charge is 0.349 e. The Morgan fingerprint density at radius 2 is 1.88 bits per heavy atom. The zero-order chi connectivity index (χ0) is 24.4. The minimum atomic E-state index is -1.24. The van der Waals surface area contributed by atoms with E-state index in [2.05, 4.69) is 0 Å². The SMILES string of the molecule is Cc1c(C(=O)C(N)=O)c2c(OC(C(=O)O)C3=CC=CCC3C)cccc2n1Cc1ccccc1. The monoisotopic (exact) mass is 458 g/mol. The van der Waals surface area contributed by atoms with Crippen molar-refractivity contribution < 1.29 is 24.2 Å². The first-order valence-corrected chi connectivity index (χ1v) is 11.1. The second kappa shape index (κ2) is 9.39. The number of carbonyl (C=O) groups excluding carboxylic acids is 2. The molecule has 1 aromatic heterocycles. The van der Waals surface area contributed by atoms with Crippen molar-refractivity contribution in [3.8, 4) is 5.75 Å². The molecule has 0 saturated carbocycles. The molecule has 7 nitrogen and oxygen atoms in total. The lowest BCUT2D eigenvalue weighted by Gasteiger charge is -2.24. The van der Waals surface area contributed by atoms with Crippen molar-refractivity contribution in [3.05, 3.63) is 89.2 Å². The average molecular weight is 459 g/mol. The normalized spacial score (nSPS) is 16.2. The van der Waals surface area contributed by atoms with Crippen LogP contribution in [0.5, 0.6) is 5.75 Å². The standard InChI is InChI=1S/C27H26N2O5/c1-16-9-6-7-12-19(16)25(27(32)33)34-21-14-8-13-20-23(21)22(24(30)26(28)31)17(2)29(20)15-18-10-4-3-5-11-18/h3-8,10-14,16,25H,9,15H2,1-2H3,(H2,28,31)(H,32,33). The van der Waals surface area contributed by atoms with Crippen LogP contribution in [0.1, 0.15) is 35.0 Å². The van der Waals surface area contributed by atoms with Crippen LogP contribution in [0.25, 0.3) is 10.9 Å². The molecule has 7 heteroatoms. The number of carboxylic acids is 1. The van der Waals surface area contributed by atoms with Crippen molar-refractivity contribution in [2.75, 3.05) is 0 Å². The molecule has 0 aliphatic heterocycles. The molecule has 3 N–H and O–H groups in total. The van der Waals surface area contributed by atoms with Gasteiger partial charge < -0.3 is 20.1 Å². The summed E-state index contributed by atoms with van der Waals surface area (Å²) in [7, 11) is 0. The molecule has 0 saturated heterocycles. The Labute approximate surface area is 197 Å². The number of aromatic nitrogens is 1. The van der Waals surface area contributed by atoms with Gasteiger partial charge >= 0.3 is 5.97 Å². The molecule has 0 spiro atoms. The maximum absolute atomic E-state index is 12.9. The van der Waals surface area contributed by atoms with E-state index >= 15 is 0 Å². The van der Waals surface area contributed by atoms with Gasteiger partial charge in [0.2, 0.25) is 6.10 Å². The van der Waals surface area contributed by atoms with Crippen molar-refractivity contribution in [1.82, 2.24) is 4.57 Å². The average Bonchev–Trinajstić information content (AvgIpc) is 3.10. The molecule has 1 heterocycles. The molecule has 1 amide bonds. The number of benzene rings is 2. The molecule has 0 radical (unpaired) electrons. The molecular weight excluding hydrogens is 432 g/mol. The summed E-state index contributed by atoms with van der Waals surface area (Å²) < 4.78 is 7.98. The van der Waals surface area contributed by atoms with E-state index in [4.69, 9.17) is 10.5 Å². The number of nitrogens with two attached hydrogens (primary N) is 1. The van der Waals surface area contributed by atoms with Crippen LogP contribution in [0.15, 0.2) is 72.3 Å². The van der Waals surface area contributed by atoms with E-state index in [1.807, 2.05) is 60.0 Å². The highest BCUT2D eigenvalue weighted by atomic mass is 16.5. The second-order valence-corrected chi connectivity index (χ2v) is 8.44. The van der Waals surface area contributed by atoms with E-state index in [0.717, 1.165) is 5.56 Å². The zero-order valence-electron chi connectivity index (χ0n) is 19.0. The second-order valence-electron chi connectivity index (χ2n) is 8.44. The Kier molecular flexibility index (Phi) is 6.36. The number of fused-ring (bicyclic) bond motifs is 1. The van der Waals surface area contributed by atoms with Gasteiger partial charge in [-0.3, -0.25) is 9.59 Å². The van der Waals surface area contributed by atoms with Gasteiger partial charge in [-0.2, -0.15) is 0 Å². The van der Waals surface area contributed by atoms with Crippen LogP contribution < -0.4 is 10.5 Å². The molecule has 2 unspecified atom stereocenters. The van der Waals surface area contributed by atoms with Crippen LogP contribution in [-0.2, 0) is 16.1 Å². The Balaban J connectivity index is 1.89. The van der Waals surface area contributed by atoms with E-state index in [1.165, 1.54) is 0 Å². The van der Waals surface area contributed by atoms with Gasteiger partial charge in [-0.05, 0) is 42.5 Å². The van der Waals surface area contributed by atoms with Crippen molar-refractivity contribution >= 4 is 28.6 Å². The minimum absolute atomic E-state index is 0.0126. The Morgan fingerprint density at radius 3 is 2.53 bits per heavy atom. The fourth-order valence-corrected chi connectivity index (χ4v) is 4.46. The molecule has 2 atom stereocenters. The number of primary amides is 1. The fraction of sp³-hybridized carbons (Fsp3) is 0.222. The van der Waals surface area contributed by atoms with Crippen molar-refractivity contribution in [3.63, 3.8) is 0 Å². The molecule has 34 heavy (non-hydrogen) atoms. The molecule has 2 aromatic carbocycles. The van der Waals surface area contributed by atoms with Gasteiger partial charge in [-0.15, -0.1) is 0 Å². The maximum atomic E-state index is 12.9. The minimum Gasteiger partial charge on any atom is -0.478 e. The number of aliphatic carboxylic acids is 1. The molecule has 0 fully saturated rings. The Hall–Kier alpha value is -4.13. The van der Waals surface area contributed by atoms with Gasteiger partial charge in [-0.1, -0.05) is 61.5 Å². The summed E-state index contributed by atoms with van der Waals surface area (Å²) in [5.74, 6) is -2.85. The summed E-state index contributed by atoms with van der Waals surface area (Å²) in [5.41, 5.74) is 8.35. The highest BCUT2D eigenvalue weighted by Gasteiger charge is 2.31. The lowest BCUT2D eigenvalue weighted by molar-refractivity contribution is -0.143. The molecular formula is C27H26N2O5. The number of carboxylic acid groups (broad SMARTS) is 1. The molecule has 3 aromatic rings. The number of hydrogen-bond acceptors (Lipinski definition) is 4. The summed E-state index contributed by atoms with van der Waals surface area (Å²) in [4.78, 5) is 37.0. The van der Waals surface area contributed by atoms with Crippen LogP contribution >= 0.6 is 0 Å². The van der Waals surface area contributed by atoms with Crippen molar-refractivity contribution in [1.29, 1.82) is 0 Å². The molecule has 1 aliphatic carbocycles. The number of allylic oxidation sites excluding steroid dienone is 3. The quantitative estimate of drug-likeness (QED) is 0.391. The first kappa shape index (κ1) is 23.0. The topological polar surface area (TPSA) is 112 Å². The van der Waals surface area contributed by atoms with E-state index in [-0.39, 0.29) is 17.2 Å². The number of hydrogen-bond donors (Lipinski definition) is 2. The predicted molar refractivity (Wildman–Crippen MR) is 129 cm³/mol. The van der Waals surface area contributed by atoms with Crippen LogP contribution in [-0.4, -0.2) is 33.4 Å². The number of Topliss-reactive ketones (excluding diaryl/α,β-unsaturated/α-hetero) is 1. The number of amides is 1. The highest BCUT2D eigenvalue weighted by Crippen LogP contribution is 2.36. The highest BCUT2D eigenvalue weighted by molar-refractivity contribution is 6.45. The molecule has 0 bridgehead atoms. The number of carbonyl (C=O) groups is 3. The fourth-order valence-electron chi connectivity index (χ4n) is 4.46. The lowest BCUT2D eigenvalue weighted by Crippen LogP contribution is -2.32. The summed E-state index contributed by atoms with van der Waals surface area (Å²) in [6.07, 6.45) is 5.03. The number of ether oxygens (including phenoxy) is 1. The summed E-state index contributed by atoms with van der Waals surface area (Å²) in [6, 6.07) is 14.9. The van der Waals surface area contributed by atoms with Gasteiger partial charge in [0.25, 0.3) is 11.7 Å². The molecule has 4 rings (SSSR count). The van der Waals surface area contributed by atoms with E-state index < -0.39 is 23.8 Å². The first-order valence-electron chi connectivity index (χ1n) is 11.1. The van der Waals surface area contributed by atoms with Gasteiger partial charge in [0.15, 0.2) is 0 Å². The summed E-state index contributed by atoms with van der Waals surface area (Å²) >= 11 is 0. The van der Waals surface area contributed by atoms with Crippen LogP contribution in [0.4, 0.5) is 0 Å². The largest absolute Gasteiger partial charge is 0.478 e. The summed E-state index contributed by atoms with van der Waals surface area (Å²) in [5, 5.41) is 10.3. The number of rotatable bonds is 8. The van der Waals surface area contributed by atoms with Gasteiger partial charge in [0.1, 0.15) is 5.75 Å². The Morgan fingerprint density at radius 1 is 1.15 bits per heavy atom. The van der Waals surface area contributed by atoms with E-state index in [1.54, 1.807) is 25.1 Å². The first-order chi connectivity index (χ1) is 16.3. The number of ketones is 1. The van der Waals surface area contributed by atoms with Gasteiger partial charge in [0, 0.05) is 12.2 Å². The van der Waals surface area contributed by atoms with Gasteiger partial charge in [-0.25, -0.2) is 4.79 Å². The van der Waals surface area contributed by atoms with Crippen LogP contribution in [0, 0.1) is 12.8 Å². The van der Waals surface area contributed by atoms with Crippen LogP contribution in [0.3, 0.4) is 0 Å². The lowest BCUT2D eigenvalue weighted by atomic mass is 9.89. The van der Waals surface area contributed by atoms with Crippen molar-refractivity contribution in [2.24, 2.45) is 11.7 Å².